The van der Waals surface area contributed by atoms with E-state index >= 15 is 0 Å². The van der Waals surface area contributed by atoms with Gasteiger partial charge >= 0.3 is 0 Å². The van der Waals surface area contributed by atoms with Gasteiger partial charge in [0.15, 0.2) is 11.6 Å². The summed E-state index contributed by atoms with van der Waals surface area (Å²) < 4.78 is 43.7. The number of benzene rings is 2. The van der Waals surface area contributed by atoms with Crippen molar-refractivity contribution >= 4 is 0 Å². The van der Waals surface area contributed by atoms with Crippen molar-refractivity contribution in [3.63, 3.8) is 0 Å². The lowest BCUT2D eigenvalue weighted by molar-refractivity contribution is 0.305. The molecule has 4 rings (SSSR count). The van der Waals surface area contributed by atoms with Crippen molar-refractivity contribution in [3.05, 3.63) is 70.0 Å². The molecule has 0 aromatic heterocycles. The monoisotopic (exact) mass is 414 g/mol. The van der Waals surface area contributed by atoms with Crippen LogP contribution in [0.15, 0.2) is 30.3 Å². The van der Waals surface area contributed by atoms with Gasteiger partial charge in [0.25, 0.3) is 0 Å². The van der Waals surface area contributed by atoms with Gasteiger partial charge in [-0.3, -0.25) is 0 Å². The topological polar surface area (TPSA) is 0 Å². The number of halogens is 3. The van der Waals surface area contributed by atoms with Crippen molar-refractivity contribution in [1.29, 1.82) is 0 Å². The van der Waals surface area contributed by atoms with Crippen LogP contribution in [-0.4, -0.2) is 0 Å². The van der Waals surface area contributed by atoms with Crippen LogP contribution < -0.4 is 0 Å². The third-order valence-electron chi connectivity index (χ3n) is 7.50. The molecule has 0 unspecified atom stereocenters. The third-order valence-corrected chi connectivity index (χ3v) is 7.50. The van der Waals surface area contributed by atoms with Gasteiger partial charge in [-0.15, -0.1) is 0 Å². The highest BCUT2D eigenvalue weighted by atomic mass is 19.2. The second-order valence-electron chi connectivity index (χ2n) is 9.56. The summed E-state index contributed by atoms with van der Waals surface area (Å²) in [6.07, 6.45) is 10.8. The van der Waals surface area contributed by atoms with Crippen molar-refractivity contribution in [3.8, 4) is 0 Å². The molecule has 3 heteroatoms. The van der Waals surface area contributed by atoms with E-state index in [2.05, 4.69) is 0 Å². The Morgan fingerprint density at radius 3 is 2.10 bits per heavy atom. The van der Waals surface area contributed by atoms with E-state index in [9.17, 15) is 13.2 Å². The highest BCUT2D eigenvalue weighted by molar-refractivity contribution is 5.30. The van der Waals surface area contributed by atoms with Crippen molar-refractivity contribution < 1.29 is 13.2 Å². The van der Waals surface area contributed by atoms with Crippen molar-refractivity contribution in [2.45, 2.75) is 89.4 Å². The van der Waals surface area contributed by atoms with Crippen LogP contribution in [0.5, 0.6) is 0 Å². The smallest absolute Gasteiger partial charge is 0.162 e. The first-order valence-electron chi connectivity index (χ1n) is 11.8. The zero-order chi connectivity index (χ0) is 21.1. The van der Waals surface area contributed by atoms with E-state index < -0.39 is 11.6 Å². The molecule has 0 saturated heterocycles. The van der Waals surface area contributed by atoms with Gasteiger partial charge in [-0.25, -0.2) is 13.2 Å². The second-order valence-corrected chi connectivity index (χ2v) is 9.56. The number of aryl methyl sites for hydroxylation is 2. The van der Waals surface area contributed by atoms with Gasteiger partial charge in [-0.1, -0.05) is 43.5 Å². The average Bonchev–Trinajstić information content (AvgIpc) is 2.76. The second kappa shape index (κ2) is 9.58. The first kappa shape index (κ1) is 21.5. The Kier molecular flexibility index (Phi) is 6.85. The van der Waals surface area contributed by atoms with E-state index in [1.807, 2.05) is 31.2 Å². The van der Waals surface area contributed by atoms with Crippen LogP contribution in [0, 0.1) is 30.3 Å². The van der Waals surface area contributed by atoms with E-state index in [1.165, 1.54) is 6.42 Å². The van der Waals surface area contributed by atoms with Gasteiger partial charge < -0.3 is 0 Å². The summed E-state index contributed by atoms with van der Waals surface area (Å²) in [6.45, 7) is 1.91. The predicted molar refractivity (Wildman–Crippen MR) is 116 cm³/mol. The minimum atomic E-state index is -0.631. The maximum Gasteiger partial charge on any atom is 0.162 e. The quantitative estimate of drug-likeness (QED) is 0.461. The van der Waals surface area contributed by atoms with Gasteiger partial charge in [0, 0.05) is 0 Å². The molecule has 30 heavy (non-hydrogen) atoms. The molecule has 0 spiro atoms. The minimum absolute atomic E-state index is 0.0888. The lowest BCUT2D eigenvalue weighted by Gasteiger charge is -2.29. The van der Waals surface area contributed by atoms with E-state index in [-0.39, 0.29) is 17.7 Å². The molecule has 2 aromatic rings. The lowest BCUT2D eigenvalue weighted by Crippen LogP contribution is -2.15. The first-order valence-corrected chi connectivity index (χ1v) is 11.8. The van der Waals surface area contributed by atoms with Gasteiger partial charge in [0.05, 0.1) is 0 Å². The summed E-state index contributed by atoms with van der Waals surface area (Å²) >= 11 is 0. The molecule has 0 aliphatic heterocycles. The van der Waals surface area contributed by atoms with Crippen LogP contribution in [0.3, 0.4) is 0 Å². The Labute approximate surface area is 178 Å². The molecule has 0 atom stereocenters. The third kappa shape index (κ3) is 4.76. The highest BCUT2D eigenvalue weighted by Gasteiger charge is 2.26. The minimum Gasteiger partial charge on any atom is -0.207 e. The van der Waals surface area contributed by atoms with Gasteiger partial charge in [0.1, 0.15) is 5.82 Å². The van der Waals surface area contributed by atoms with Crippen LogP contribution in [0.25, 0.3) is 0 Å². The Hall–Kier alpha value is -1.77. The predicted octanol–water partition coefficient (Wildman–Crippen LogP) is 8.37. The summed E-state index contributed by atoms with van der Waals surface area (Å²) in [5, 5.41) is 0. The lowest BCUT2D eigenvalue weighted by atomic mass is 9.76. The molecule has 0 heterocycles. The molecule has 2 saturated carbocycles. The average molecular weight is 415 g/mol. The van der Waals surface area contributed by atoms with Crippen LogP contribution >= 0.6 is 0 Å². The van der Waals surface area contributed by atoms with E-state index in [4.69, 9.17) is 0 Å². The van der Waals surface area contributed by atoms with E-state index in [0.717, 1.165) is 68.9 Å². The molecule has 2 aliphatic carbocycles. The normalized spacial score (nSPS) is 22.9. The maximum absolute atomic E-state index is 14.7. The van der Waals surface area contributed by atoms with Crippen LogP contribution in [-0.2, 0) is 6.42 Å². The van der Waals surface area contributed by atoms with Crippen molar-refractivity contribution in [2.75, 3.05) is 0 Å². The molecule has 0 N–H and O–H groups in total. The Morgan fingerprint density at radius 1 is 0.733 bits per heavy atom. The van der Waals surface area contributed by atoms with E-state index in [0.29, 0.717) is 23.5 Å². The van der Waals surface area contributed by atoms with Gasteiger partial charge in [0.2, 0.25) is 0 Å². The molecule has 2 fully saturated rings. The van der Waals surface area contributed by atoms with Gasteiger partial charge in [-0.05, 0) is 104 Å². The molecule has 2 aliphatic rings. The Morgan fingerprint density at radius 2 is 1.40 bits per heavy atom. The standard InChI is InChI=1S/C27H33F3/c1-18-7-15-23(25(28)17-18)21-11-8-19(9-12-21)10-13-22-14-16-24(27(30)26(22)29)20-5-3-2-4-6-20/h7,14-17,19-21H,2-6,8-13H2,1H3. The van der Waals surface area contributed by atoms with Crippen LogP contribution in [0.4, 0.5) is 13.2 Å². The molecule has 162 valence electrons. The van der Waals surface area contributed by atoms with Gasteiger partial charge in [-0.2, -0.15) is 0 Å². The fraction of sp³-hybridized carbons (Fsp3) is 0.556. The van der Waals surface area contributed by atoms with Crippen molar-refractivity contribution in [1.82, 2.24) is 0 Å². The fourth-order valence-electron chi connectivity index (χ4n) is 5.61. The largest absolute Gasteiger partial charge is 0.207 e. The highest BCUT2D eigenvalue weighted by Crippen LogP contribution is 2.39. The summed E-state index contributed by atoms with van der Waals surface area (Å²) in [4.78, 5) is 0. The zero-order valence-corrected chi connectivity index (χ0v) is 18.0. The molecule has 0 amide bonds. The Balaban J connectivity index is 1.32. The maximum atomic E-state index is 14.7. The first-order chi connectivity index (χ1) is 14.5. The molecule has 2 aromatic carbocycles. The van der Waals surface area contributed by atoms with E-state index in [1.54, 1.807) is 6.07 Å². The number of hydrogen-bond acceptors (Lipinski definition) is 0. The molecule has 0 nitrogen and oxygen atoms in total. The molecular formula is C27H33F3. The summed E-state index contributed by atoms with van der Waals surface area (Å²) in [7, 11) is 0. The molecule has 0 radical (unpaired) electrons. The summed E-state index contributed by atoms with van der Waals surface area (Å²) in [5.41, 5.74) is 2.88. The SMILES string of the molecule is Cc1ccc(C2CCC(CCc3ccc(C4CCCCC4)c(F)c3F)CC2)c(F)c1. The number of hydrogen-bond donors (Lipinski definition) is 0. The summed E-state index contributed by atoms with van der Waals surface area (Å²) in [6, 6.07) is 9.19. The van der Waals surface area contributed by atoms with Crippen LogP contribution in [0.1, 0.15) is 98.3 Å². The molecular weight excluding hydrogens is 381 g/mol. The molecule has 0 bridgehead atoms. The van der Waals surface area contributed by atoms with Crippen LogP contribution in [0.2, 0.25) is 0 Å². The Bertz CT molecular complexity index is 859. The summed E-state index contributed by atoms with van der Waals surface area (Å²) in [5.74, 6) is -0.360. The fourth-order valence-corrected chi connectivity index (χ4v) is 5.61. The zero-order valence-electron chi connectivity index (χ0n) is 18.0. The number of rotatable bonds is 5. The van der Waals surface area contributed by atoms with Crippen molar-refractivity contribution in [2.24, 2.45) is 5.92 Å².